The van der Waals surface area contributed by atoms with Gasteiger partial charge in [0.25, 0.3) is 11.8 Å². The van der Waals surface area contributed by atoms with Gasteiger partial charge in [-0.15, -0.1) is 6.42 Å². The fourth-order valence-electron chi connectivity index (χ4n) is 9.74. The Morgan fingerprint density at radius 2 is 1.10 bits per heavy atom. The fourth-order valence-corrected chi connectivity index (χ4v) is 12.8. The van der Waals surface area contributed by atoms with Gasteiger partial charge in [0, 0.05) is 97.0 Å². The summed E-state index contributed by atoms with van der Waals surface area (Å²) in [6, 6.07) is 4.96. The minimum absolute atomic E-state index is 0.0441. The Labute approximate surface area is 470 Å². The standard InChI is InChI=1S/C54H80N10O13S2/c1-2-18-57-45(67)17-22-76-24-26-77-25-23-75-21-9-16-46(68)60-38-28-36(49(69)58-19-7-10-34(51(71)72)30-39(65)12-3-5-14-43-47-41(32-78-43)61-53(55)63-47)27-37(29-38)50(70)59-20-8-11-35(52(73)74)31-40(66)13-4-6-15-44-48-42(33-79-44)62-54(56)64-48/h1,27-29,34-35,41-44,47-48H,3-26,30-33H2,(H,57,67)(H,58,69)(H,59,70)(H,60,68)(H,71,72)(H,73,74)(H3,55,61,63)(H3,56,62,64). The van der Waals surface area contributed by atoms with Crippen molar-refractivity contribution in [2.75, 3.05) is 76.1 Å². The van der Waals surface area contributed by atoms with E-state index in [0.717, 1.165) is 37.2 Å². The predicted molar refractivity (Wildman–Crippen MR) is 302 cm³/mol. The maximum absolute atomic E-state index is 13.6. The zero-order valence-corrected chi connectivity index (χ0v) is 46.6. The highest BCUT2D eigenvalue weighted by molar-refractivity contribution is 8.00. The summed E-state index contributed by atoms with van der Waals surface area (Å²) in [5, 5.41) is 37.7. The van der Waals surface area contributed by atoms with Crippen molar-refractivity contribution < 1.29 is 62.8 Å². The number of aliphatic imine (C=N–C) groups is 2. The molecule has 4 aliphatic rings. The van der Waals surface area contributed by atoms with Crippen LogP contribution < -0.4 is 43.4 Å². The summed E-state index contributed by atoms with van der Waals surface area (Å²) in [5.41, 5.74) is 11.9. The van der Waals surface area contributed by atoms with Gasteiger partial charge >= 0.3 is 11.9 Å². The first-order valence-electron chi connectivity index (χ1n) is 27.5. The molecule has 1 aromatic rings. The first-order chi connectivity index (χ1) is 38.1. The number of hydrogen-bond donors (Lipinski definition) is 10. The van der Waals surface area contributed by atoms with Crippen molar-refractivity contribution in [3.8, 4) is 12.3 Å². The highest BCUT2D eigenvalue weighted by atomic mass is 32.2. The minimum Gasteiger partial charge on any atom is -0.481 e. The average molecular weight is 1140 g/mol. The SMILES string of the molecule is C#CCNC(=O)CCOCCOCCOCCCC(=O)Nc1cc(C(=O)NCCCC(CC(=O)CCCCC2SCC3NC(N)=NC32)C(=O)O)cc(C(=O)NCCCC(CC(=O)CCCCC2SCC3NC(N)=NC32)C(=O)O)c1. The zero-order chi connectivity index (χ0) is 56.9. The molecule has 25 heteroatoms. The molecule has 2 saturated heterocycles. The molecular weight excluding hydrogens is 1060 g/mol. The van der Waals surface area contributed by atoms with Crippen molar-refractivity contribution >= 4 is 88.3 Å². The van der Waals surface area contributed by atoms with E-state index in [0.29, 0.717) is 54.9 Å². The number of thioether (sulfide) groups is 2. The van der Waals surface area contributed by atoms with Gasteiger partial charge in [0.15, 0.2) is 11.9 Å². The molecule has 0 aliphatic carbocycles. The summed E-state index contributed by atoms with van der Waals surface area (Å²) in [5.74, 6) is -0.951. The average Bonchev–Trinajstić information content (AvgIpc) is 4.31. The highest BCUT2D eigenvalue weighted by Crippen LogP contribution is 2.36. The van der Waals surface area contributed by atoms with Crippen LogP contribution in [0, 0.1) is 24.2 Å². The Balaban J connectivity index is 1.05. The van der Waals surface area contributed by atoms with Gasteiger partial charge in [0.2, 0.25) is 11.8 Å². The molecule has 0 bridgehead atoms. The number of rotatable bonds is 41. The molecule has 1 aromatic carbocycles. The number of ether oxygens (including phenoxy) is 3. The van der Waals surface area contributed by atoms with E-state index in [1.807, 2.05) is 23.5 Å². The lowest BCUT2D eigenvalue weighted by atomic mass is 9.94. The molecule has 8 atom stereocenters. The molecule has 4 aliphatic heterocycles. The summed E-state index contributed by atoms with van der Waals surface area (Å²) in [6.45, 7) is 1.95. The van der Waals surface area contributed by atoms with E-state index in [1.165, 1.54) is 18.2 Å². The molecule has 0 radical (unpaired) electrons. The lowest BCUT2D eigenvalue weighted by Crippen LogP contribution is -2.38. The van der Waals surface area contributed by atoms with Crippen LogP contribution in [0.2, 0.25) is 0 Å². The van der Waals surface area contributed by atoms with Crippen LogP contribution in [-0.2, 0) is 43.0 Å². The maximum Gasteiger partial charge on any atom is 0.306 e. The van der Waals surface area contributed by atoms with Gasteiger partial charge in [0.1, 0.15) is 11.6 Å². The number of amides is 4. The Bertz CT molecular complexity index is 2220. The van der Waals surface area contributed by atoms with Gasteiger partial charge in [-0.2, -0.15) is 23.5 Å². The number of carbonyl (C=O) groups is 8. The third kappa shape index (κ3) is 23.4. The number of aliphatic carboxylic acids is 2. The van der Waals surface area contributed by atoms with Crippen molar-refractivity contribution in [2.45, 2.75) is 144 Å². The smallest absolute Gasteiger partial charge is 0.306 e. The molecule has 0 aromatic heterocycles. The van der Waals surface area contributed by atoms with Crippen molar-refractivity contribution in [1.82, 2.24) is 26.6 Å². The van der Waals surface area contributed by atoms with Crippen molar-refractivity contribution in [1.29, 1.82) is 0 Å². The van der Waals surface area contributed by atoms with E-state index in [4.69, 9.17) is 32.1 Å². The lowest BCUT2D eigenvalue weighted by Gasteiger charge is -2.15. The van der Waals surface area contributed by atoms with Crippen LogP contribution in [0.3, 0.4) is 0 Å². The fraction of sp³-hybridized carbons (Fsp3) is 0.667. The summed E-state index contributed by atoms with van der Waals surface area (Å²) < 4.78 is 16.4. The van der Waals surface area contributed by atoms with Gasteiger partial charge < -0.3 is 67.8 Å². The number of carbonyl (C=O) groups excluding carboxylic acids is 6. The van der Waals surface area contributed by atoms with Crippen LogP contribution in [0.1, 0.15) is 130 Å². The number of benzene rings is 1. The highest BCUT2D eigenvalue weighted by Gasteiger charge is 2.41. The summed E-state index contributed by atoms with van der Waals surface area (Å²) in [6.07, 6.45) is 11.5. The number of unbranched alkanes of at least 4 members (excludes halogenated alkanes) is 2. The van der Waals surface area contributed by atoms with E-state index in [1.54, 1.807) is 0 Å². The van der Waals surface area contributed by atoms with E-state index in [2.05, 4.69) is 47.8 Å². The first-order valence-corrected chi connectivity index (χ1v) is 29.6. The molecule has 436 valence electrons. The van der Waals surface area contributed by atoms with Gasteiger partial charge in [-0.1, -0.05) is 18.8 Å². The van der Waals surface area contributed by atoms with Crippen molar-refractivity contribution in [3.05, 3.63) is 29.3 Å². The minimum atomic E-state index is -1.10. The van der Waals surface area contributed by atoms with Gasteiger partial charge in [0.05, 0.1) is 75.6 Å². The Morgan fingerprint density at radius 3 is 1.58 bits per heavy atom. The number of nitrogens with two attached hydrogens (primary N) is 2. The largest absolute Gasteiger partial charge is 0.481 e. The van der Waals surface area contributed by atoms with E-state index in [-0.39, 0.29) is 169 Å². The number of Topliss-reactive ketones (excluding diaryl/α,β-unsaturated/α-hetero) is 2. The normalized spacial score (nSPS) is 20.5. The number of ketones is 2. The molecule has 5 rings (SSSR count). The van der Waals surface area contributed by atoms with Crippen LogP contribution in [0.5, 0.6) is 0 Å². The molecule has 2 fully saturated rings. The Morgan fingerprint density at radius 1 is 0.620 bits per heavy atom. The summed E-state index contributed by atoms with van der Waals surface area (Å²) in [7, 11) is 0. The van der Waals surface area contributed by atoms with Crippen molar-refractivity contribution in [3.63, 3.8) is 0 Å². The summed E-state index contributed by atoms with van der Waals surface area (Å²) in [4.78, 5) is 111. The molecular formula is C54H80N10O13S2. The van der Waals surface area contributed by atoms with Crippen molar-refractivity contribution in [2.24, 2.45) is 33.3 Å². The number of carboxylic acid groups (broad SMARTS) is 2. The molecule has 23 nitrogen and oxygen atoms in total. The van der Waals surface area contributed by atoms with Gasteiger partial charge in [-0.3, -0.25) is 38.4 Å². The Hall–Kier alpha value is -5.94. The van der Waals surface area contributed by atoms with Crippen LogP contribution in [0.25, 0.3) is 0 Å². The summed E-state index contributed by atoms with van der Waals surface area (Å²) >= 11 is 3.70. The van der Waals surface area contributed by atoms with Crippen LogP contribution in [0.15, 0.2) is 28.2 Å². The topological polar surface area (TPSA) is 354 Å². The molecule has 0 saturated carbocycles. The Kier molecular flexibility index (Phi) is 28.2. The number of terminal acetylenes is 1. The van der Waals surface area contributed by atoms with Gasteiger partial charge in [-0.05, 0) is 76.0 Å². The molecule has 79 heavy (non-hydrogen) atoms. The number of hydrogen-bond acceptors (Lipinski definition) is 19. The number of carboxylic acids is 2. The second kappa shape index (κ2) is 34.9. The van der Waals surface area contributed by atoms with Crippen LogP contribution in [-0.4, -0.2) is 175 Å². The number of nitrogens with one attached hydrogen (secondary N) is 6. The molecule has 12 N–H and O–H groups in total. The number of anilines is 1. The first kappa shape index (κ1) is 63.9. The molecule has 4 amide bonds. The number of fused-ring (bicyclic) bond motifs is 2. The molecule has 0 spiro atoms. The predicted octanol–water partition coefficient (Wildman–Crippen LogP) is 2.60. The third-order valence-electron chi connectivity index (χ3n) is 13.9. The number of nitrogens with zero attached hydrogens (tertiary/aromatic N) is 2. The van der Waals surface area contributed by atoms with E-state index >= 15 is 0 Å². The monoisotopic (exact) mass is 1140 g/mol. The van der Waals surface area contributed by atoms with E-state index < -0.39 is 41.5 Å². The molecule has 8 unspecified atom stereocenters. The van der Waals surface area contributed by atoms with E-state index in [9.17, 15) is 48.6 Å². The molecule has 4 heterocycles. The second-order valence-corrected chi connectivity index (χ2v) is 22.7. The van der Waals surface area contributed by atoms with Crippen LogP contribution in [0.4, 0.5) is 5.69 Å². The third-order valence-corrected chi connectivity index (χ3v) is 16.9. The number of guanidine groups is 2. The van der Waals surface area contributed by atoms with Gasteiger partial charge in [-0.25, -0.2) is 9.98 Å². The maximum atomic E-state index is 13.6. The lowest BCUT2D eigenvalue weighted by molar-refractivity contribution is -0.144. The quantitative estimate of drug-likeness (QED) is 0.0333. The van der Waals surface area contributed by atoms with Crippen LogP contribution >= 0.6 is 23.5 Å². The zero-order valence-electron chi connectivity index (χ0n) is 45.0. The second-order valence-electron chi connectivity index (χ2n) is 20.1.